The first-order valence-electron chi connectivity index (χ1n) is 14.0. The SMILES string of the molecule is c1ccc2c(c1)sc1c(-n3c4ccccc4c4c5cc6c7ccccc7c7ccccc7n6c5ccc43)cccc12. The van der Waals surface area contributed by atoms with E-state index in [2.05, 4.69) is 142 Å². The number of benzene rings is 6. The van der Waals surface area contributed by atoms with Crippen molar-refractivity contribution in [2.45, 2.75) is 0 Å². The first kappa shape index (κ1) is 21.7. The van der Waals surface area contributed by atoms with Crippen LogP contribution in [0.25, 0.3) is 85.8 Å². The zero-order valence-corrected chi connectivity index (χ0v) is 22.8. The molecule has 10 rings (SSSR count). The van der Waals surface area contributed by atoms with Crippen LogP contribution in [0.3, 0.4) is 0 Å². The standard InChI is InChI=1S/C38H22N2S/c1-2-12-25-23(10-1)24-11-3-6-16-30(24)39-32-20-21-33-37(29(32)22-35(25)39)28-14-4-7-17-31(28)40(33)34-18-9-15-27-26-13-5-8-19-36(26)41-38(27)34/h1-22H. The van der Waals surface area contributed by atoms with E-state index in [4.69, 9.17) is 0 Å². The Morgan fingerprint density at radius 3 is 1.85 bits per heavy atom. The van der Waals surface area contributed by atoms with E-state index in [1.54, 1.807) is 0 Å². The monoisotopic (exact) mass is 538 g/mol. The van der Waals surface area contributed by atoms with Crippen molar-refractivity contribution in [3.63, 3.8) is 0 Å². The fourth-order valence-corrected chi connectivity index (χ4v) is 8.42. The van der Waals surface area contributed by atoms with E-state index in [0.29, 0.717) is 0 Å². The summed E-state index contributed by atoms with van der Waals surface area (Å²) in [6.45, 7) is 0. The Kier molecular flexibility index (Phi) is 4.10. The molecule has 2 nitrogen and oxygen atoms in total. The molecule has 10 aromatic rings. The molecule has 0 spiro atoms. The molecule has 0 fully saturated rings. The summed E-state index contributed by atoms with van der Waals surface area (Å²) >= 11 is 1.89. The molecule has 0 N–H and O–H groups in total. The van der Waals surface area contributed by atoms with Gasteiger partial charge in [0.15, 0.2) is 0 Å². The number of nitrogens with zero attached hydrogens (tertiary/aromatic N) is 2. The zero-order valence-electron chi connectivity index (χ0n) is 22.0. The van der Waals surface area contributed by atoms with Crippen molar-refractivity contribution in [2.75, 3.05) is 0 Å². The maximum atomic E-state index is 2.49. The predicted octanol–water partition coefficient (Wildman–Crippen LogP) is 10.9. The molecule has 0 aliphatic carbocycles. The molecule has 0 aliphatic heterocycles. The number of thiophene rings is 1. The fraction of sp³-hybridized carbons (Fsp3) is 0. The number of fused-ring (bicyclic) bond motifs is 15. The Bertz CT molecular complexity index is 2700. The summed E-state index contributed by atoms with van der Waals surface area (Å²) in [5, 5.41) is 10.4. The smallest absolute Gasteiger partial charge is 0.0640 e. The van der Waals surface area contributed by atoms with Crippen LogP contribution < -0.4 is 0 Å². The van der Waals surface area contributed by atoms with E-state index >= 15 is 0 Å². The summed E-state index contributed by atoms with van der Waals surface area (Å²) in [5.41, 5.74) is 7.48. The zero-order chi connectivity index (χ0) is 26.7. The van der Waals surface area contributed by atoms with Gasteiger partial charge < -0.3 is 8.97 Å². The van der Waals surface area contributed by atoms with Crippen molar-refractivity contribution in [3.05, 3.63) is 133 Å². The second kappa shape index (κ2) is 7.75. The summed E-state index contributed by atoms with van der Waals surface area (Å²) < 4.78 is 7.61. The average Bonchev–Trinajstić information content (AvgIpc) is 3.71. The second-order valence-corrected chi connectivity index (χ2v) is 12.0. The van der Waals surface area contributed by atoms with Crippen LogP contribution in [0.4, 0.5) is 0 Å². The molecule has 190 valence electrons. The third-order valence-corrected chi connectivity index (χ3v) is 10.1. The number of para-hydroxylation sites is 2. The van der Waals surface area contributed by atoms with Crippen LogP contribution in [0, 0.1) is 0 Å². The Morgan fingerprint density at radius 1 is 0.390 bits per heavy atom. The minimum atomic E-state index is 1.24. The normalized spacial score (nSPS) is 12.4. The van der Waals surface area contributed by atoms with Crippen LogP contribution in [-0.4, -0.2) is 8.97 Å². The molecule has 41 heavy (non-hydrogen) atoms. The molecule has 4 heterocycles. The molecule has 0 unspecified atom stereocenters. The Balaban J connectivity index is 1.42. The van der Waals surface area contributed by atoms with Gasteiger partial charge in [-0.05, 0) is 47.9 Å². The lowest BCUT2D eigenvalue weighted by molar-refractivity contribution is 1.20. The Morgan fingerprint density at radius 2 is 1.00 bits per heavy atom. The first-order chi connectivity index (χ1) is 20.4. The molecule has 0 saturated carbocycles. The van der Waals surface area contributed by atoms with E-state index in [-0.39, 0.29) is 0 Å². The molecule has 3 heteroatoms. The molecule has 0 bridgehead atoms. The van der Waals surface area contributed by atoms with Crippen LogP contribution in [0.5, 0.6) is 0 Å². The van der Waals surface area contributed by atoms with Gasteiger partial charge in [0.05, 0.1) is 38.0 Å². The molecule has 0 atom stereocenters. The van der Waals surface area contributed by atoms with Crippen LogP contribution in [0.15, 0.2) is 133 Å². The first-order valence-corrected chi connectivity index (χ1v) is 14.9. The largest absolute Gasteiger partial charge is 0.309 e. The molecule has 0 saturated heterocycles. The number of hydrogen-bond acceptors (Lipinski definition) is 1. The van der Waals surface area contributed by atoms with Gasteiger partial charge in [-0.25, -0.2) is 0 Å². The minimum Gasteiger partial charge on any atom is -0.309 e. The predicted molar refractivity (Wildman–Crippen MR) is 177 cm³/mol. The van der Waals surface area contributed by atoms with Gasteiger partial charge in [-0.1, -0.05) is 91.0 Å². The van der Waals surface area contributed by atoms with Crippen molar-refractivity contribution in [2.24, 2.45) is 0 Å². The van der Waals surface area contributed by atoms with Gasteiger partial charge >= 0.3 is 0 Å². The van der Waals surface area contributed by atoms with E-state index < -0.39 is 0 Å². The molecular formula is C38H22N2S. The number of rotatable bonds is 1. The summed E-state index contributed by atoms with van der Waals surface area (Å²) in [6, 6.07) is 49.1. The average molecular weight is 539 g/mol. The highest BCUT2D eigenvalue weighted by Gasteiger charge is 2.20. The highest BCUT2D eigenvalue weighted by atomic mass is 32.1. The molecule has 0 aliphatic rings. The van der Waals surface area contributed by atoms with Gasteiger partial charge in [0, 0.05) is 42.4 Å². The summed E-state index contributed by atoms with van der Waals surface area (Å²) in [5.74, 6) is 0. The van der Waals surface area contributed by atoms with Crippen LogP contribution >= 0.6 is 11.3 Å². The van der Waals surface area contributed by atoms with Crippen molar-refractivity contribution in [3.8, 4) is 5.69 Å². The van der Waals surface area contributed by atoms with Gasteiger partial charge in [0.25, 0.3) is 0 Å². The van der Waals surface area contributed by atoms with Gasteiger partial charge in [0.1, 0.15) is 0 Å². The highest BCUT2D eigenvalue weighted by Crippen LogP contribution is 2.44. The van der Waals surface area contributed by atoms with Crippen molar-refractivity contribution in [1.82, 2.24) is 8.97 Å². The van der Waals surface area contributed by atoms with Gasteiger partial charge in [-0.2, -0.15) is 0 Å². The molecule has 0 amide bonds. The molecule has 4 aromatic heterocycles. The summed E-state index contributed by atoms with van der Waals surface area (Å²) in [6.07, 6.45) is 0. The highest BCUT2D eigenvalue weighted by molar-refractivity contribution is 7.26. The van der Waals surface area contributed by atoms with Crippen molar-refractivity contribution >= 4 is 91.4 Å². The van der Waals surface area contributed by atoms with Gasteiger partial charge in [-0.15, -0.1) is 11.3 Å². The number of hydrogen-bond donors (Lipinski definition) is 0. The van der Waals surface area contributed by atoms with E-state index in [1.807, 2.05) is 11.3 Å². The third-order valence-electron chi connectivity index (χ3n) is 8.88. The number of pyridine rings is 1. The molecule has 6 aromatic carbocycles. The maximum Gasteiger partial charge on any atom is 0.0640 e. The van der Waals surface area contributed by atoms with Crippen LogP contribution in [0.2, 0.25) is 0 Å². The lowest BCUT2D eigenvalue weighted by Gasteiger charge is -2.10. The lowest BCUT2D eigenvalue weighted by Crippen LogP contribution is -1.94. The maximum absolute atomic E-state index is 2.49. The van der Waals surface area contributed by atoms with Gasteiger partial charge in [-0.3, -0.25) is 0 Å². The third kappa shape index (κ3) is 2.71. The Hall–Kier alpha value is -5.12. The number of aromatic nitrogens is 2. The summed E-state index contributed by atoms with van der Waals surface area (Å²) in [7, 11) is 0. The van der Waals surface area contributed by atoms with E-state index in [9.17, 15) is 0 Å². The van der Waals surface area contributed by atoms with Crippen molar-refractivity contribution in [1.29, 1.82) is 0 Å². The topological polar surface area (TPSA) is 9.34 Å². The van der Waals surface area contributed by atoms with Crippen molar-refractivity contribution < 1.29 is 0 Å². The van der Waals surface area contributed by atoms with Crippen LogP contribution in [0.1, 0.15) is 0 Å². The van der Waals surface area contributed by atoms with Crippen LogP contribution in [-0.2, 0) is 0 Å². The second-order valence-electron chi connectivity index (χ2n) is 10.9. The summed E-state index contributed by atoms with van der Waals surface area (Å²) in [4.78, 5) is 0. The fourth-order valence-electron chi connectivity index (χ4n) is 7.21. The lowest BCUT2D eigenvalue weighted by atomic mass is 10.0. The van der Waals surface area contributed by atoms with Gasteiger partial charge in [0.2, 0.25) is 0 Å². The molecular weight excluding hydrogens is 516 g/mol. The Labute approximate surface area is 238 Å². The van der Waals surface area contributed by atoms with E-state index in [1.165, 1.54) is 85.8 Å². The minimum absolute atomic E-state index is 1.24. The van der Waals surface area contributed by atoms with E-state index in [0.717, 1.165) is 0 Å². The quantitative estimate of drug-likeness (QED) is 0.184. The molecule has 0 radical (unpaired) electrons.